The molecule has 18 atom stereocenters. The molecule has 10 unspecified atom stereocenters. The summed E-state index contributed by atoms with van der Waals surface area (Å²) in [4.78, 5) is 25.5. The van der Waals surface area contributed by atoms with Gasteiger partial charge in [0.05, 0.1) is 43.7 Å². The first-order valence-electron chi connectivity index (χ1n) is 22.0. The summed E-state index contributed by atoms with van der Waals surface area (Å²) in [7, 11) is 2.84. The summed E-state index contributed by atoms with van der Waals surface area (Å²) in [5.74, 6) is -5.82. The number of carbonyl (C=O) groups is 2. The fourth-order valence-electron chi connectivity index (χ4n) is 9.23. The Morgan fingerprint density at radius 2 is 1.75 bits per heavy atom. The van der Waals surface area contributed by atoms with Crippen molar-refractivity contribution < 1.29 is 63.2 Å². The van der Waals surface area contributed by atoms with E-state index >= 15 is 0 Å². The number of allylic oxidation sites excluding steroid dienone is 6. The Morgan fingerprint density at radius 3 is 2.33 bits per heavy atom. The van der Waals surface area contributed by atoms with Crippen molar-refractivity contribution in [3.63, 3.8) is 0 Å². The van der Waals surface area contributed by atoms with Crippen molar-refractivity contribution in [2.24, 2.45) is 47.2 Å². The minimum atomic E-state index is -1.91. The van der Waals surface area contributed by atoms with Crippen LogP contribution in [-0.4, -0.2) is 114 Å². The van der Waals surface area contributed by atoms with Crippen molar-refractivity contribution in [2.75, 3.05) is 14.2 Å². The van der Waals surface area contributed by atoms with Gasteiger partial charge in [-0.2, -0.15) is 0 Å². The molecule has 0 aromatic heterocycles. The molecule has 348 valence electrons. The van der Waals surface area contributed by atoms with Crippen LogP contribution < -0.4 is 5.73 Å². The van der Waals surface area contributed by atoms with Gasteiger partial charge in [-0.25, -0.2) is 9.59 Å². The second-order valence-corrected chi connectivity index (χ2v) is 17.9. The van der Waals surface area contributed by atoms with Crippen LogP contribution in [0.4, 0.5) is 4.79 Å². The van der Waals surface area contributed by atoms with Gasteiger partial charge in [0.15, 0.2) is 12.1 Å². The second-order valence-electron chi connectivity index (χ2n) is 17.9. The Morgan fingerprint density at radius 1 is 1.08 bits per heavy atom. The number of cyclic esters (lactones) is 1. The van der Waals surface area contributed by atoms with E-state index in [1.54, 1.807) is 39.8 Å². The average molecular weight is 864 g/mol. The third kappa shape index (κ3) is 13.7. The van der Waals surface area contributed by atoms with Crippen LogP contribution >= 0.6 is 0 Å². The summed E-state index contributed by atoms with van der Waals surface area (Å²) in [6.45, 7) is 20.5. The molecule has 3 rings (SSSR count). The summed E-state index contributed by atoms with van der Waals surface area (Å²) in [5.41, 5.74) is 6.92. The van der Waals surface area contributed by atoms with Gasteiger partial charge < -0.3 is 59.3 Å². The van der Waals surface area contributed by atoms with Gasteiger partial charge in [-0.3, -0.25) is 0 Å². The van der Waals surface area contributed by atoms with E-state index in [9.17, 15) is 30.0 Å². The van der Waals surface area contributed by atoms with Gasteiger partial charge in [0.1, 0.15) is 18.3 Å². The molecule has 61 heavy (non-hydrogen) atoms. The van der Waals surface area contributed by atoms with E-state index in [0.717, 1.165) is 5.57 Å². The van der Waals surface area contributed by atoms with E-state index in [2.05, 4.69) is 0 Å². The molecule has 2 fully saturated rings. The van der Waals surface area contributed by atoms with Gasteiger partial charge in [0.25, 0.3) is 0 Å². The SMILES string of the molecule is C/C=C/[C@H]1O[C@](O)(C(C)C(O)C(C)C2OC(=O)/C(OC)=C/C(C)=C/C(C)C(O)C(CC)C(O)C(C)C/C(C)=C/C=C/C2OC)C[C@@H](O[C@H]2C[C@@H](C)[C@H](OC(N)=O)[C@@H](C)O2)[C@@H]1C. The molecule has 3 heterocycles. The molecular formula is C47H77NO13. The number of hydrogen-bond donors (Lipinski definition) is 5. The zero-order chi connectivity index (χ0) is 45.9. The van der Waals surface area contributed by atoms with Gasteiger partial charge in [0, 0.05) is 55.5 Å². The molecule has 14 nitrogen and oxygen atoms in total. The summed E-state index contributed by atoms with van der Waals surface area (Å²) >= 11 is 0. The number of rotatable bonds is 11. The molecule has 1 amide bonds. The second kappa shape index (κ2) is 23.6. The normalized spacial score (nSPS) is 42.2. The van der Waals surface area contributed by atoms with E-state index in [0.29, 0.717) is 24.8 Å². The molecule has 0 aromatic carbocycles. The zero-order valence-corrected chi connectivity index (χ0v) is 38.7. The molecule has 3 aliphatic heterocycles. The minimum Gasteiger partial charge on any atom is -0.490 e. The topological polar surface area (TPSA) is 206 Å². The number of methoxy groups -OCH3 is 2. The van der Waals surface area contributed by atoms with Gasteiger partial charge in [-0.05, 0) is 52.5 Å². The maximum atomic E-state index is 14.0. The van der Waals surface area contributed by atoms with E-state index in [1.165, 1.54) is 20.3 Å². The van der Waals surface area contributed by atoms with Gasteiger partial charge in [-0.15, -0.1) is 0 Å². The lowest BCUT2D eigenvalue weighted by atomic mass is 9.77. The quantitative estimate of drug-likeness (QED) is 0.115. The highest BCUT2D eigenvalue weighted by Crippen LogP contribution is 2.43. The number of nitrogens with two attached hydrogens (primary N) is 1. The number of carbonyl (C=O) groups excluding carboxylic acids is 2. The Labute approximate surface area is 364 Å². The predicted molar refractivity (Wildman–Crippen MR) is 231 cm³/mol. The molecule has 0 aromatic rings. The Bertz CT molecular complexity index is 1560. The van der Waals surface area contributed by atoms with Crippen molar-refractivity contribution in [2.45, 2.75) is 169 Å². The van der Waals surface area contributed by atoms with Crippen LogP contribution in [0.2, 0.25) is 0 Å². The van der Waals surface area contributed by atoms with E-state index in [4.69, 9.17) is 38.9 Å². The number of ether oxygens (including phenoxy) is 7. The maximum absolute atomic E-state index is 14.0. The standard InChI is InChI=1S/C47H77NO13/c1-14-17-35-30(8)38(58-39-23-29(7)43(33(11)57-39)60-46(48)53)24-47(54,61-35)32(10)42(51)31(9)44-36(55-12)19-16-18-25(3)20-27(5)40(49)34(15-2)41(50)28(6)21-26(4)22-37(56-13)45(52)59-44/h14,16-19,21-22,27-36,38-44,49-51,54H,15,20,23-24H2,1-13H3,(H2,48,53)/b17-14+,19-16+,25-18+,26-21+,37-22-/t27?,28?,29-,30-,31?,32?,33-,34?,35-,36?,38-,39+,40?,41?,42?,43+,44?,47+/m1/s1. The molecule has 0 spiro atoms. The molecule has 2 saturated heterocycles. The lowest BCUT2D eigenvalue weighted by Gasteiger charge is -2.50. The lowest BCUT2D eigenvalue weighted by Crippen LogP contribution is -2.59. The number of aliphatic hydroxyl groups excluding tert-OH is 3. The monoisotopic (exact) mass is 864 g/mol. The third-order valence-electron chi connectivity index (χ3n) is 13.1. The van der Waals surface area contributed by atoms with Gasteiger partial charge in [-0.1, -0.05) is 96.1 Å². The number of amides is 1. The van der Waals surface area contributed by atoms with E-state index < -0.39 is 90.9 Å². The third-order valence-corrected chi connectivity index (χ3v) is 13.1. The van der Waals surface area contributed by atoms with Crippen LogP contribution in [0.25, 0.3) is 0 Å². The first-order valence-corrected chi connectivity index (χ1v) is 22.0. The van der Waals surface area contributed by atoms with Gasteiger partial charge >= 0.3 is 12.1 Å². The van der Waals surface area contributed by atoms with Crippen molar-refractivity contribution in [1.29, 1.82) is 0 Å². The Kier molecular flexibility index (Phi) is 20.2. The molecular weight excluding hydrogens is 787 g/mol. The molecule has 14 heteroatoms. The van der Waals surface area contributed by atoms with Crippen LogP contribution in [0.15, 0.2) is 59.4 Å². The summed E-state index contributed by atoms with van der Waals surface area (Å²) < 4.78 is 42.1. The van der Waals surface area contributed by atoms with E-state index in [1.807, 2.05) is 72.8 Å². The maximum Gasteiger partial charge on any atom is 0.404 e. The van der Waals surface area contributed by atoms with Crippen LogP contribution in [-0.2, 0) is 38.0 Å². The van der Waals surface area contributed by atoms with Crippen LogP contribution in [0, 0.1) is 41.4 Å². The Balaban J connectivity index is 2.00. The molecule has 6 N–H and O–H groups in total. The molecule has 0 aliphatic carbocycles. The Hall–Kier alpha value is -3.08. The van der Waals surface area contributed by atoms with Gasteiger partial charge in [0.2, 0.25) is 5.76 Å². The highest BCUT2D eigenvalue weighted by Gasteiger charge is 2.52. The highest BCUT2D eigenvalue weighted by atomic mass is 16.7. The molecule has 0 bridgehead atoms. The van der Waals surface area contributed by atoms with Crippen LogP contribution in [0.5, 0.6) is 0 Å². The first kappa shape index (κ1) is 52.3. The lowest BCUT2D eigenvalue weighted by molar-refractivity contribution is -0.337. The first-order chi connectivity index (χ1) is 28.6. The van der Waals surface area contributed by atoms with Crippen molar-refractivity contribution in [3.05, 3.63) is 59.4 Å². The number of hydrogen-bond acceptors (Lipinski definition) is 13. The van der Waals surface area contributed by atoms with Crippen LogP contribution in [0.1, 0.15) is 102 Å². The van der Waals surface area contributed by atoms with Crippen LogP contribution in [0.3, 0.4) is 0 Å². The number of aliphatic hydroxyl groups is 4. The zero-order valence-electron chi connectivity index (χ0n) is 38.7. The molecule has 0 saturated carbocycles. The minimum absolute atomic E-state index is 0.0133. The number of esters is 1. The van der Waals surface area contributed by atoms with E-state index in [-0.39, 0.29) is 41.8 Å². The fraction of sp³-hybridized carbons (Fsp3) is 0.745. The average Bonchev–Trinajstić information content (AvgIpc) is 3.19. The summed E-state index contributed by atoms with van der Waals surface area (Å²) in [5, 5.41) is 47.3. The van der Waals surface area contributed by atoms with Crippen molar-refractivity contribution in [1.82, 2.24) is 0 Å². The smallest absolute Gasteiger partial charge is 0.404 e. The molecule has 3 aliphatic rings. The highest BCUT2D eigenvalue weighted by molar-refractivity contribution is 5.87. The van der Waals surface area contributed by atoms with Crippen molar-refractivity contribution >= 4 is 12.1 Å². The fourth-order valence-corrected chi connectivity index (χ4v) is 9.23. The largest absolute Gasteiger partial charge is 0.490 e. The predicted octanol–water partition coefficient (Wildman–Crippen LogP) is 6.26. The molecule has 0 radical (unpaired) electrons. The van der Waals surface area contributed by atoms with Crippen molar-refractivity contribution in [3.8, 4) is 0 Å². The summed E-state index contributed by atoms with van der Waals surface area (Å²) in [6.07, 6.45) is 5.43. The number of primary amides is 1. The summed E-state index contributed by atoms with van der Waals surface area (Å²) in [6, 6.07) is 0.